The Kier molecular flexibility index (Phi) is 9.50. The zero-order chi connectivity index (χ0) is 31.6. The van der Waals surface area contributed by atoms with Gasteiger partial charge in [-0.05, 0) is 91.0 Å². The van der Waals surface area contributed by atoms with E-state index in [4.69, 9.17) is 16.3 Å². The van der Waals surface area contributed by atoms with Gasteiger partial charge in [0, 0.05) is 23.7 Å². The van der Waals surface area contributed by atoms with Crippen LogP contribution >= 0.6 is 11.6 Å². The Hall–Kier alpha value is -3.01. The van der Waals surface area contributed by atoms with Gasteiger partial charge >= 0.3 is 0 Å². The Bertz CT molecular complexity index is 1570. The summed E-state index contributed by atoms with van der Waals surface area (Å²) in [5.74, 6) is -3.22. The van der Waals surface area contributed by atoms with Crippen LogP contribution in [-0.2, 0) is 20.7 Å². The van der Waals surface area contributed by atoms with Crippen molar-refractivity contribution in [3.8, 4) is 16.9 Å². The fraction of sp³-hybridized carbons (Fsp3) is 0.457. The highest BCUT2D eigenvalue weighted by Gasteiger charge is 2.51. The van der Waals surface area contributed by atoms with Crippen molar-refractivity contribution in [1.29, 1.82) is 0 Å². The Balaban J connectivity index is 1.23. The molecule has 1 heterocycles. The van der Waals surface area contributed by atoms with Gasteiger partial charge in [-0.25, -0.2) is 8.42 Å². The first-order chi connectivity index (χ1) is 21.6. The van der Waals surface area contributed by atoms with Crippen molar-refractivity contribution in [3.05, 3.63) is 83.4 Å². The lowest BCUT2D eigenvalue weighted by Crippen LogP contribution is -2.56. The van der Waals surface area contributed by atoms with E-state index >= 15 is 8.78 Å². The van der Waals surface area contributed by atoms with E-state index in [1.54, 1.807) is 24.3 Å². The SMILES string of the molecule is O=C(C(NS(=O)(=O)c1ccc(OCC2CCCCC2)cc1)C(F)(F)c1ccc(-c2ccc(Cl)cc2)cc1)N1C[C@H]2CCC[C@H]2C1. The number of nitrogens with zero attached hydrogens (tertiary/aromatic N) is 1. The van der Waals surface area contributed by atoms with Crippen molar-refractivity contribution in [3.63, 3.8) is 0 Å². The van der Waals surface area contributed by atoms with Gasteiger partial charge in [0.25, 0.3) is 5.92 Å². The second-order valence-electron chi connectivity index (χ2n) is 12.7. The minimum atomic E-state index is -4.50. The maximum Gasteiger partial charge on any atom is 0.298 e. The van der Waals surface area contributed by atoms with Crippen LogP contribution in [0.1, 0.15) is 56.9 Å². The number of ether oxygens (including phenoxy) is 1. The van der Waals surface area contributed by atoms with Gasteiger partial charge in [0.15, 0.2) is 6.04 Å². The number of hydrogen-bond donors (Lipinski definition) is 1. The fourth-order valence-electron chi connectivity index (χ4n) is 7.08. The number of carbonyl (C=O) groups is 1. The highest BCUT2D eigenvalue weighted by Crippen LogP contribution is 2.40. The van der Waals surface area contributed by atoms with E-state index < -0.39 is 33.5 Å². The lowest BCUT2D eigenvalue weighted by atomic mass is 9.90. The average molecular weight is 657 g/mol. The monoisotopic (exact) mass is 656 g/mol. The van der Waals surface area contributed by atoms with E-state index in [0.29, 0.717) is 41.9 Å². The highest BCUT2D eigenvalue weighted by atomic mass is 35.5. The van der Waals surface area contributed by atoms with Crippen LogP contribution in [-0.4, -0.2) is 45.0 Å². The Labute approximate surface area is 269 Å². The number of sulfonamides is 1. The van der Waals surface area contributed by atoms with Crippen LogP contribution in [0.5, 0.6) is 5.75 Å². The van der Waals surface area contributed by atoms with E-state index in [2.05, 4.69) is 4.72 Å². The van der Waals surface area contributed by atoms with E-state index in [1.165, 1.54) is 72.7 Å². The average Bonchev–Trinajstić information content (AvgIpc) is 3.67. The van der Waals surface area contributed by atoms with Crippen molar-refractivity contribution < 1.29 is 26.7 Å². The minimum Gasteiger partial charge on any atom is -0.493 e. The third kappa shape index (κ3) is 7.21. The lowest BCUT2D eigenvalue weighted by molar-refractivity contribution is -0.143. The molecule has 1 aliphatic heterocycles. The zero-order valence-electron chi connectivity index (χ0n) is 25.1. The second-order valence-corrected chi connectivity index (χ2v) is 14.9. The zero-order valence-corrected chi connectivity index (χ0v) is 26.7. The molecule has 0 aromatic heterocycles. The molecule has 0 bridgehead atoms. The topological polar surface area (TPSA) is 75.7 Å². The van der Waals surface area contributed by atoms with E-state index in [-0.39, 0.29) is 16.7 Å². The van der Waals surface area contributed by atoms with Crippen molar-refractivity contribution in [2.45, 2.75) is 68.2 Å². The third-order valence-electron chi connectivity index (χ3n) is 9.71. The number of hydrogen-bond acceptors (Lipinski definition) is 4. The number of fused-ring (bicyclic) bond motifs is 1. The molecule has 0 spiro atoms. The number of nitrogens with one attached hydrogen (secondary N) is 1. The summed E-state index contributed by atoms with van der Waals surface area (Å²) in [5.41, 5.74) is 1.03. The van der Waals surface area contributed by atoms with Crippen LogP contribution in [0.3, 0.4) is 0 Å². The molecule has 3 atom stereocenters. The van der Waals surface area contributed by atoms with Gasteiger partial charge in [-0.2, -0.15) is 13.5 Å². The molecule has 1 unspecified atom stereocenters. The molecule has 1 saturated heterocycles. The predicted molar refractivity (Wildman–Crippen MR) is 171 cm³/mol. The molecule has 3 aromatic rings. The summed E-state index contributed by atoms with van der Waals surface area (Å²) >= 11 is 5.98. The second kappa shape index (κ2) is 13.4. The van der Waals surface area contributed by atoms with Crippen LogP contribution in [0.25, 0.3) is 11.1 Å². The molecule has 1 N–H and O–H groups in total. The maximum atomic E-state index is 16.4. The maximum absolute atomic E-state index is 16.4. The largest absolute Gasteiger partial charge is 0.493 e. The molecular formula is C35H39ClF2N2O4S. The Morgan fingerprint density at radius 3 is 2.02 bits per heavy atom. The molecule has 3 aliphatic rings. The van der Waals surface area contributed by atoms with Gasteiger partial charge in [0.05, 0.1) is 11.5 Å². The molecule has 10 heteroatoms. The van der Waals surface area contributed by atoms with Crippen molar-refractivity contribution in [2.24, 2.45) is 17.8 Å². The third-order valence-corrected chi connectivity index (χ3v) is 11.4. The number of carbonyl (C=O) groups excluding carboxylic acids is 1. The van der Waals surface area contributed by atoms with Gasteiger partial charge in [-0.1, -0.05) is 73.7 Å². The van der Waals surface area contributed by atoms with Crippen LogP contribution in [0.4, 0.5) is 8.78 Å². The molecule has 2 saturated carbocycles. The number of halogens is 3. The molecule has 240 valence electrons. The van der Waals surface area contributed by atoms with Gasteiger partial charge in [-0.15, -0.1) is 0 Å². The predicted octanol–water partition coefficient (Wildman–Crippen LogP) is 7.66. The van der Waals surface area contributed by atoms with Crippen molar-refractivity contribution >= 4 is 27.5 Å². The first kappa shape index (κ1) is 32.0. The van der Waals surface area contributed by atoms with Gasteiger partial charge in [0.2, 0.25) is 15.9 Å². The molecule has 45 heavy (non-hydrogen) atoms. The molecule has 0 radical (unpaired) electrons. The quantitative estimate of drug-likeness (QED) is 0.243. The smallest absolute Gasteiger partial charge is 0.298 e. The molecular weight excluding hydrogens is 618 g/mol. The fourth-order valence-corrected chi connectivity index (χ4v) is 8.39. The van der Waals surface area contributed by atoms with Crippen LogP contribution in [0.15, 0.2) is 77.7 Å². The molecule has 1 amide bonds. The summed E-state index contributed by atoms with van der Waals surface area (Å²) < 4.78 is 67.9. The van der Waals surface area contributed by atoms with Crippen LogP contribution in [0, 0.1) is 17.8 Å². The number of alkyl halides is 2. The normalized spacial score (nSPS) is 21.4. The highest BCUT2D eigenvalue weighted by molar-refractivity contribution is 7.89. The molecule has 6 rings (SSSR count). The summed E-state index contributed by atoms with van der Waals surface area (Å²) in [4.78, 5) is 15.0. The van der Waals surface area contributed by atoms with Crippen molar-refractivity contribution in [1.82, 2.24) is 9.62 Å². The number of likely N-dealkylation sites (tertiary alicyclic amines) is 1. The van der Waals surface area contributed by atoms with E-state index in [0.717, 1.165) is 37.7 Å². The summed E-state index contributed by atoms with van der Waals surface area (Å²) in [6.07, 6.45) is 8.80. The first-order valence-corrected chi connectivity index (χ1v) is 17.7. The summed E-state index contributed by atoms with van der Waals surface area (Å²) in [6.45, 7) is 1.28. The summed E-state index contributed by atoms with van der Waals surface area (Å²) in [6, 6.07) is 16.0. The summed E-state index contributed by atoms with van der Waals surface area (Å²) in [5, 5.41) is 0.559. The molecule has 3 aromatic carbocycles. The Morgan fingerprint density at radius 1 is 0.844 bits per heavy atom. The van der Waals surface area contributed by atoms with Gasteiger partial charge in [-0.3, -0.25) is 4.79 Å². The summed E-state index contributed by atoms with van der Waals surface area (Å²) in [7, 11) is -4.50. The molecule has 6 nitrogen and oxygen atoms in total. The van der Waals surface area contributed by atoms with Crippen LogP contribution < -0.4 is 9.46 Å². The minimum absolute atomic E-state index is 0.211. The number of benzene rings is 3. The van der Waals surface area contributed by atoms with Gasteiger partial charge < -0.3 is 9.64 Å². The van der Waals surface area contributed by atoms with Gasteiger partial charge in [0.1, 0.15) is 5.75 Å². The standard InChI is InChI=1S/C35H39ClF2N2O4S/c36-30-15-11-26(12-16-30)25-9-13-29(14-10-25)35(37,38)33(34(41)40-21-27-7-4-8-28(27)22-40)39-45(42,43)32-19-17-31(18-20-32)44-23-24-5-2-1-3-6-24/h9-20,24,27-28,33,39H,1-8,21-23H2/t27-,28+,33?. The number of rotatable bonds is 10. The lowest BCUT2D eigenvalue weighted by Gasteiger charge is -2.31. The molecule has 3 fully saturated rings. The number of amides is 1. The van der Waals surface area contributed by atoms with E-state index in [9.17, 15) is 13.2 Å². The Morgan fingerprint density at radius 2 is 1.42 bits per heavy atom. The van der Waals surface area contributed by atoms with E-state index in [1.807, 2.05) is 0 Å². The van der Waals surface area contributed by atoms with Crippen molar-refractivity contribution in [2.75, 3.05) is 19.7 Å². The molecule has 2 aliphatic carbocycles. The first-order valence-electron chi connectivity index (χ1n) is 15.9. The van der Waals surface area contributed by atoms with Crippen LogP contribution in [0.2, 0.25) is 5.02 Å².